The maximum absolute atomic E-state index is 13.9. The number of methoxy groups -OCH3 is 1. The van der Waals surface area contributed by atoms with Crippen molar-refractivity contribution in [3.8, 4) is 0 Å². The first-order chi connectivity index (χ1) is 24.4. The van der Waals surface area contributed by atoms with Gasteiger partial charge >= 0.3 is 11.9 Å². The summed E-state index contributed by atoms with van der Waals surface area (Å²) in [7, 11) is -3.17. The number of H-pyrrole nitrogens is 1. The summed E-state index contributed by atoms with van der Waals surface area (Å²) in [6.45, 7) is 10.4. The lowest BCUT2D eigenvalue weighted by Crippen LogP contribution is -2.31. The highest BCUT2D eigenvalue weighted by atomic mass is 32.2. The average Bonchev–Trinajstić information content (AvgIpc) is 3.74. The molecule has 0 atom stereocenters. The van der Waals surface area contributed by atoms with E-state index in [0.29, 0.717) is 62.2 Å². The number of aliphatic imine (C=N–C) groups is 3. The Balaban J connectivity index is 1.91. The highest BCUT2D eigenvalue weighted by Crippen LogP contribution is 2.39. The summed E-state index contributed by atoms with van der Waals surface area (Å²) in [6.07, 6.45) is 5.38. The second-order valence-corrected chi connectivity index (χ2v) is 14.3. The molecule has 4 aliphatic rings. The number of aromatic amines is 1. The minimum atomic E-state index is -4.39. The van der Waals surface area contributed by atoms with Gasteiger partial charge in [0.05, 0.1) is 70.2 Å². The molecule has 274 valence electrons. The number of allylic oxidation sites excluding steroid dienone is 6. The van der Waals surface area contributed by atoms with Gasteiger partial charge in [0.2, 0.25) is 0 Å². The number of carboxylic acid groups (broad SMARTS) is 1. The molecule has 5 heterocycles. The van der Waals surface area contributed by atoms with E-state index >= 15 is 0 Å². The van der Waals surface area contributed by atoms with E-state index in [4.69, 9.17) is 19.7 Å². The van der Waals surface area contributed by atoms with Crippen LogP contribution in [0.3, 0.4) is 0 Å². The number of nitrogens with one attached hydrogen (secondary N) is 2. The molecule has 0 fully saturated rings. The number of hydrogen-bond acceptors (Lipinski definition) is 10. The van der Waals surface area contributed by atoms with E-state index in [1.807, 2.05) is 26.8 Å². The summed E-state index contributed by atoms with van der Waals surface area (Å²) in [6, 6.07) is 0. The molecule has 4 aliphatic heterocycles. The molecule has 5 rings (SSSR count). The number of carboxylic acids is 1. The fraction of sp³-hybridized carbons (Fsp3) is 0.351. The van der Waals surface area contributed by atoms with E-state index < -0.39 is 46.7 Å². The number of fused-ring (bicyclic) bond motifs is 5. The molecule has 0 saturated heterocycles. The van der Waals surface area contributed by atoms with E-state index in [-0.39, 0.29) is 41.2 Å². The van der Waals surface area contributed by atoms with Crippen LogP contribution in [0.4, 0.5) is 0 Å². The third kappa shape index (κ3) is 7.46. The fourth-order valence-electron chi connectivity index (χ4n) is 6.71. The molecule has 0 radical (unpaired) electrons. The van der Waals surface area contributed by atoms with Crippen LogP contribution in [-0.2, 0) is 29.2 Å². The van der Waals surface area contributed by atoms with Crippen LogP contribution in [0.15, 0.2) is 77.2 Å². The van der Waals surface area contributed by atoms with Crippen molar-refractivity contribution >= 4 is 63.0 Å². The van der Waals surface area contributed by atoms with E-state index in [2.05, 4.69) is 10.3 Å². The van der Waals surface area contributed by atoms with Crippen LogP contribution in [0, 0.1) is 6.92 Å². The molecule has 1 aromatic heterocycles. The van der Waals surface area contributed by atoms with Gasteiger partial charge < -0.3 is 25.3 Å². The molecule has 15 heteroatoms. The van der Waals surface area contributed by atoms with Gasteiger partial charge in [-0.2, -0.15) is 8.42 Å². The molecular formula is C37H41N5O9S. The molecular weight excluding hydrogens is 691 g/mol. The van der Waals surface area contributed by atoms with Gasteiger partial charge in [0.15, 0.2) is 0 Å². The zero-order chi connectivity index (χ0) is 38.2. The Kier molecular flexibility index (Phi) is 10.7. The summed E-state index contributed by atoms with van der Waals surface area (Å²) in [5, 5.41) is 24.2. The first-order valence-electron chi connectivity index (χ1n) is 16.6. The van der Waals surface area contributed by atoms with Crippen molar-refractivity contribution < 1.29 is 42.3 Å². The number of aliphatic hydroxyl groups excluding tert-OH is 1. The highest BCUT2D eigenvalue weighted by Gasteiger charge is 2.35. The van der Waals surface area contributed by atoms with Crippen LogP contribution in [0.25, 0.3) is 17.9 Å². The Morgan fingerprint density at radius 3 is 2.21 bits per heavy atom. The summed E-state index contributed by atoms with van der Waals surface area (Å²) in [5.41, 5.74) is 7.35. The summed E-state index contributed by atoms with van der Waals surface area (Å²) in [5.74, 6) is -3.07. The van der Waals surface area contributed by atoms with Crippen molar-refractivity contribution in [1.29, 1.82) is 0 Å². The van der Waals surface area contributed by atoms with Gasteiger partial charge in [-0.1, -0.05) is 6.92 Å². The van der Waals surface area contributed by atoms with Crippen molar-refractivity contribution in [2.45, 2.75) is 67.2 Å². The second kappa shape index (κ2) is 14.7. The maximum Gasteiger partial charge on any atom is 0.310 e. The van der Waals surface area contributed by atoms with E-state index in [1.54, 1.807) is 32.9 Å². The molecule has 8 bridgehead atoms. The predicted molar refractivity (Wildman–Crippen MR) is 198 cm³/mol. The number of nitrogens with zero attached hydrogens (tertiary/aromatic N) is 3. The zero-order valence-electron chi connectivity index (χ0n) is 30.0. The number of amides is 1. The van der Waals surface area contributed by atoms with Gasteiger partial charge in [0, 0.05) is 29.5 Å². The van der Waals surface area contributed by atoms with Gasteiger partial charge in [0.25, 0.3) is 16.0 Å². The molecule has 52 heavy (non-hydrogen) atoms. The van der Waals surface area contributed by atoms with E-state index in [0.717, 1.165) is 16.7 Å². The summed E-state index contributed by atoms with van der Waals surface area (Å²) < 4.78 is 37.3. The maximum atomic E-state index is 13.9. The standard InChI is InChI=1S/C37H41N5O9S/c1-8-22-17(2)25-16-30-33(21(6)43)19(4)27(40-30)14-26-18(3)23(9-10-31(44)45)35(41-26)24(13-32(46)51-7)36-34(37(47)38-11-12-52(48,49)50)20(5)28(42-36)15-29(22)39-25/h14-16,40,43H,8-13H2,1-7H3,(H,38,47)(H,44,45)(H,48,49,50)/b26-14?,29-15?,30-16?,33-21+,36-24?. The first kappa shape index (κ1) is 37.8. The molecule has 14 nitrogen and oxygen atoms in total. The molecule has 0 saturated carbocycles. The number of carbonyl (C=O) groups excluding carboxylic acids is 2. The first-order valence-corrected chi connectivity index (χ1v) is 18.2. The number of rotatable bonds is 10. The summed E-state index contributed by atoms with van der Waals surface area (Å²) in [4.78, 5) is 57.0. The number of aliphatic carboxylic acids is 1. The summed E-state index contributed by atoms with van der Waals surface area (Å²) >= 11 is 0. The number of ether oxygens (including phenoxy) is 1. The normalized spacial score (nSPS) is 17.8. The van der Waals surface area contributed by atoms with Crippen LogP contribution in [0.5, 0.6) is 0 Å². The van der Waals surface area contributed by atoms with Crippen molar-refractivity contribution in [1.82, 2.24) is 10.3 Å². The van der Waals surface area contributed by atoms with Crippen molar-refractivity contribution in [3.63, 3.8) is 0 Å². The Morgan fingerprint density at radius 2 is 1.60 bits per heavy atom. The molecule has 0 aliphatic carbocycles. The Labute approximate surface area is 300 Å². The van der Waals surface area contributed by atoms with Crippen LogP contribution < -0.4 is 15.9 Å². The quantitative estimate of drug-likeness (QED) is 0.176. The molecule has 1 amide bonds. The smallest absolute Gasteiger partial charge is 0.310 e. The van der Waals surface area contributed by atoms with Gasteiger partial charge in [-0.3, -0.25) is 18.9 Å². The zero-order valence-corrected chi connectivity index (χ0v) is 30.8. The number of hydrogen-bond donors (Lipinski definition) is 5. The number of aliphatic hydroxyl groups is 1. The van der Waals surface area contributed by atoms with E-state index in [1.165, 1.54) is 7.11 Å². The topological polar surface area (TPSA) is 220 Å². The third-order valence-electron chi connectivity index (χ3n) is 9.42. The van der Waals surface area contributed by atoms with Crippen molar-refractivity contribution in [2.24, 2.45) is 15.0 Å². The fourth-order valence-corrected chi connectivity index (χ4v) is 7.07. The Bertz CT molecular complexity index is 2350. The lowest BCUT2D eigenvalue weighted by Gasteiger charge is -2.15. The minimum Gasteiger partial charge on any atom is -0.512 e. The highest BCUT2D eigenvalue weighted by molar-refractivity contribution is 7.85. The molecule has 0 unspecified atom stereocenters. The van der Waals surface area contributed by atoms with Gasteiger partial charge in [-0.05, 0) is 99.1 Å². The van der Waals surface area contributed by atoms with Crippen LogP contribution in [-0.4, -0.2) is 82.6 Å². The van der Waals surface area contributed by atoms with Crippen LogP contribution >= 0.6 is 0 Å². The average molecular weight is 732 g/mol. The SMILES string of the molecule is CCC1=C(C)C2=NC1=CC1=NC(=C(CC(=O)OC)C3=NC(=Cc4[nH]c(/c(=C(\C)O)c4C)=C2)C(C)=C3CCC(=O)O)C(C(=O)NCCS(=O)(=O)O)=C1C. The van der Waals surface area contributed by atoms with E-state index in [9.17, 15) is 37.6 Å². The Morgan fingerprint density at radius 1 is 0.904 bits per heavy atom. The minimum absolute atomic E-state index is 0.0349. The lowest BCUT2D eigenvalue weighted by molar-refractivity contribution is -0.140. The number of carbonyl (C=O) groups is 3. The number of esters is 1. The largest absolute Gasteiger partial charge is 0.512 e. The molecule has 0 aromatic carbocycles. The molecule has 0 spiro atoms. The van der Waals surface area contributed by atoms with Crippen molar-refractivity contribution in [3.05, 3.63) is 84.0 Å². The van der Waals surface area contributed by atoms with Crippen LogP contribution in [0.1, 0.15) is 71.6 Å². The Hall–Kier alpha value is -5.41. The molecule has 5 N–H and O–H groups in total. The predicted octanol–water partition coefficient (Wildman–Crippen LogP) is 3.44. The second-order valence-electron chi connectivity index (χ2n) is 12.8. The van der Waals surface area contributed by atoms with Crippen molar-refractivity contribution in [2.75, 3.05) is 19.4 Å². The van der Waals surface area contributed by atoms with Crippen LogP contribution in [0.2, 0.25) is 0 Å². The molecule has 1 aromatic rings. The lowest BCUT2D eigenvalue weighted by atomic mass is 9.90. The van der Waals surface area contributed by atoms with Gasteiger partial charge in [-0.15, -0.1) is 0 Å². The third-order valence-corrected chi connectivity index (χ3v) is 10.1. The van der Waals surface area contributed by atoms with Gasteiger partial charge in [0.1, 0.15) is 0 Å². The number of aromatic nitrogens is 1. The van der Waals surface area contributed by atoms with Gasteiger partial charge in [-0.25, -0.2) is 15.0 Å². The monoisotopic (exact) mass is 731 g/mol.